The molecule has 1 N–H and O–H groups in total. The molecule has 2 aliphatic rings. The second kappa shape index (κ2) is 12.3. The lowest BCUT2D eigenvalue weighted by atomic mass is 9.84. The minimum absolute atomic E-state index is 0.0500. The monoisotopic (exact) mass is 480 g/mol. The molecular formula is C25H35F3N4O2. The smallest absolute Gasteiger partial charge is 0.416 e. The van der Waals surface area contributed by atoms with Crippen LogP contribution in [0.15, 0.2) is 18.2 Å². The topological polar surface area (TPSA) is 68.6 Å². The molecule has 6 nitrogen and oxygen atoms in total. The highest BCUT2D eigenvalue weighted by atomic mass is 19.4. The maximum Gasteiger partial charge on any atom is 0.416 e. The molecule has 1 aromatic rings. The summed E-state index contributed by atoms with van der Waals surface area (Å²) in [6, 6.07) is 5.96. The number of nitriles is 1. The highest BCUT2D eigenvalue weighted by Gasteiger charge is 2.32. The van der Waals surface area contributed by atoms with Gasteiger partial charge >= 0.3 is 6.18 Å². The summed E-state index contributed by atoms with van der Waals surface area (Å²) < 4.78 is 44.8. The van der Waals surface area contributed by atoms with E-state index >= 15 is 0 Å². The second-order valence-electron chi connectivity index (χ2n) is 9.30. The Morgan fingerprint density at radius 2 is 1.88 bits per heavy atom. The molecule has 2 fully saturated rings. The van der Waals surface area contributed by atoms with E-state index in [-0.39, 0.29) is 11.9 Å². The number of halogens is 3. The van der Waals surface area contributed by atoms with E-state index in [0.717, 1.165) is 57.8 Å². The van der Waals surface area contributed by atoms with Gasteiger partial charge in [-0.15, -0.1) is 0 Å². The average molecular weight is 481 g/mol. The van der Waals surface area contributed by atoms with Crippen LogP contribution in [0.2, 0.25) is 0 Å². The average Bonchev–Trinajstić information content (AvgIpc) is 2.83. The van der Waals surface area contributed by atoms with Gasteiger partial charge in [0.25, 0.3) is 0 Å². The maximum atomic E-state index is 13.2. The zero-order chi connectivity index (χ0) is 24.6. The molecule has 0 unspecified atom stereocenters. The summed E-state index contributed by atoms with van der Waals surface area (Å²) in [4.78, 5) is 16.3. The van der Waals surface area contributed by atoms with Gasteiger partial charge in [0.05, 0.1) is 24.4 Å². The third-order valence-electron chi connectivity index (χ3n) is 6.98. The Hall–Kier alpha value is -2.47. The van der Waals surface area contributed by atoms with Crippen LogP contribution in [-0.2, 0) is 11.0 Å². The van der Waals surface area contributed by atoms with Gasteiger partial charge in [-0.25, -0.2) is 0 Å². The fourth-order valence-corrected chi connectivity index (χ4v) is 4.91. The van der Waals surface area contributed by atoms with Gasteiger partial charge < -0.3 is 15.0 Å². The molecule has 0 atom stereocenters. The fraction of sp³-hybridized carbons (Fsp3) is 0.680. The minimum Gasteiger partial charge on any atom is -0.495 e. The van der Waals surface area contributed by atoms with E-state index in [1.807, 2.05) is 4.90 Å². The Bertz CT molecular complexity index is 840. The fourth-order valence-electron chi connectivity index (χ4n) is 4.91. The van der Waals surface area contributed by atoms with Gasteiger partial charge in [-0.05, 0) is 69.2 Å². The number of methoxy groups -OCH3 is 1. The summed E-state index contributed by atoms with van der Waals surface area (Å²) in [6.07, 6.45) is 2.39. The molecule has 9 heteroatoms. The molecule has 1 amide bonds. The summed E-state index contributed by atoms with van der Waals surface area (Å²) >= 11 is 0. The molecule has 188 valence electrons. The number of amides is 1. The van der Waals surface area contributed by atoms with Crippen LogP contribution in [0.3, 0.4) is 0 Å². The lowest BCUT2D eigenvalue weighted by Gasteiger charge is -2.38. The van der Waals surface area contributed by atoms with Gasteiger partial charge in [-0.1, -0.05) is 0 Å². The molecule has 1 aromatic carbocycles. The summed E-state index contributed by atoms with van der Waals surface area (Å²) in [5.74, 6) is 1.16. The molecule has 0 aromatic heterocycles. The zero-order valence-electron chi connectivity index (χ0n) is 19.9. The van der Waals surface area contributed by atoms with Crippen LogP contribution in [0, 0.1) is 17.2 Å². The van der Waals surface area contributed by atoms with Crippen molar-refractivity contribution in [3.05, 3.63) is 23.8 Å². The van der Waals surface area contributed by atoms with E-state index in [1.54, 1.807) is 0 Å². The van der Waals surface area contributed by atoms with Crippen LogP contribution in [0.1, 0.15) is 56.9 Å². The Balaban J connectivity index is 1.39. The molecular weight excluding hydrogens is 445 g/mol. The number of nitrogens with one attached hydrogen (secondary N) is 1. The first-order valence-electron chi connectivity index (χ1n) is 12.2. The van der Waals surface area contributed by atoms with E-state index < -0.39 is 11.7 Å². The van der Waals surface area contributed by atoms with E-state index in [2.05, 4.69) is 16.3 Å². The number of unbranched alkanes of at least 4 members (excludes halogenated alkanes) is 1. The Kier molecular flexibility index (Phi) is 9.45. The van der Waals surface area contributed by atoms with Gasteiger partial charge in [0, 0.05) is 45.1 Å². The number of rotatable bonds is 9. The first-order valence-corrected chi connectivity index (χ1v) is 12.2. The lowest BCUT2D eigenvalue weighted by molar-refractivity contribution is -0.137. The van der Waals surface area contributed by atoms with Crippen molar-refractivity contribution in [2.45, 2.75) is 63.6 Å². The number of nitrogens with zero attached hydrogens (tertiary/aromatic N) is 3. The van der Waals surface area contributed by atoms with Crippen LogP contribution in [0.4, 0.5) is 18.9 Å². The zero-order valence-corrected chi connectivity index (χ0v) is 19.9. The summed E-state index contributed by atoms with van der Waals surface area (Å²) in [5.41, 5.74) is -0.148. The summed E-state index contributed by atoms with van der Waals surface area (Å²) in [6.45, 7) is 3.95. The number of benzene rings is 1. The second-order valence-corrected chi connectivity index (χ2v) is 9.30. The molecule has 1 aliphatic heterocycles. The minimum atomic E-state index is -4.37. The predicted molar refractivity (Wildman–Crippen MR) is 125 cm³/mol. The number of carbonyl (C=O) groups is 1. The van der Waals surface area contributed by atoms with E-state index in [9.17, 15) is 18.0 Å². The van der Waals surface area contributed by atoms with Gasteiger partial charge in [-0.3, -0.25) is 9.69 Å². The van der Waals surface area contributed by atoms with E-state index in [1.165, 1.54) is 19.2 Å². The van der Waals surface area contributed by atoms with Crippen molar-refractivity contribution in [2.75, 3.05) is 44.7 Å². The van der Waals surface area contributed by atoms with Crippen LogP contribution in [0.25, 0.3) is 0 Å². The normalized spacial score (nSPS) is 21.7. The third kappa shape index (κ3) is 7.52. The number of piperazine rings is 1. The molecule has 0 bridgehead atoms. The number of anilines is 1. The largest absolute Gasteiger partial charge is 0.495 e. The van der Waals surface area contributed by atoms with Crippen LogP contribution >= 0.6 is 0 Å². The standard InChI is InChI=1S/C25H35F3N4O2/c1-34-23-10-7-20(25(26,27)28)18-22(23)32-16-14-31(15-17-32)13-11-19-5-8-21(9-6-19)30-24(33)4-2-3-12-29/h7,10,18-19,21H,2-6,8-9,11,13-17H2,1H3,(H,30,33). The van der Waals surface area contributed by atoms with Crippen molar-refractivity contribution in [1.29, 1.82) is 5.26 Å². The maximum absolute atomic E-state index is 13.2. The lowest BCUT2D eigenvalue weighted by Crippen LogP contribution is -2.47. The highest BCUT2D eigenvalue weighted by molar-refractivity contribution is 5.76. The van der Waals surface area contributed by atoms with Gasteiger partial charge in [0.2, 0.25) is 5.91 Å². The SMILES string of the molecule is COc1ccc(C(F)(F)F)cc1N1CCN(CCC2CCC(NC(=O)CCCC#N)CC2)CC1. The molecule has 1 saturated carbocycles. The summed E-state index contributed by atoms with van der Waals surface area (Å²) in [7, 11) is 1.48. The van der Waals surface area contributed by atoms with Crippen molar-refractivity contribution in [3.8, 4) is 11.8 Å². The highest BCUT2D eigenvalue weighted by Crippen LogP contribution is 2.37. The molecule has 1 saturated heterocycles. The van der Waals surface area contributed by atoms with Crippen molar-refractivity contribution in [1.82, 2.24) is 10.2 Å². The molecule has 0 radical (unpaired) electrons. The number of hydrogen-bond acceptors (Lipinski definition) is 5. The number of alkyl halides is 3. The van der Waals surface area contributed by atoms with Crippen molar-refractivity contribution < 1.29 is 22.7 Å². The molecule has 1 aliphatic carbocycles. The van der Waals surface area contributed by atoms with Crippen molar-refractivity contribution in [3.63, 3.8) is 0 Å². The first kappa shape index (κ1) is 26.1. The van der Waals surface area contributed by atoms with Crippen molar-refractivity contribution in [2.24, 2.45) is 5.92 Å². The van der Waals surface area contributed by atoms with Crippen LogP contribution < -0.4 is 15.0 Å². The number of ether oxygens (including phenoxy) is 1. The molecule has 34 heavy (non-hydrogen) atoms. The van der Waals surface area contributed by atoms with Gasteiger partial charge in [-0.2, -0.15) is 18.4 Å². The van der Waals surface area contributed by atoms with Crippen LogP contribution in [0.5, 0.6) is 5.75 Å². The Morgan fingerprint density at radius 3 is 2.50 bits per heavy atom. The quantitative estimate of drug-likeness (QED) is 0.524. The van der Waals surface area contributed by atoms with Crippen molar-refractivity contribution >= 4 is 11.6 Å². The van der Waals surface area contributed by atoms with E-state index in [4.69, 9.17) is 10.00 Å². The van der Waals surface area contributed by atoms with E-state index in [0.29, 0.717) is 49.7 Å². The molecule has 3 rings (SSSR count). The van der Waals surface area contributed by atoms with Gasteiger partial charge in [0.15, 0.2) is 0 Å². The predicted octanol–water partition coefficient (Wildman–Crippen LogP) is 4.59. The Morgan fingerprint density at radius 1 is 1.18 bits per heavy atom. The molecule has 0 spiro atoms. The first-order chi connectivity index (χ1) is 16.3. The molecule has 1 heterocycles. The third-order valence-corrected chi connectivity index (χ3v) is 6.98. The number of hydrogen-bond donors (Lipinski definition) is 1. The Labute approximate surface area is 200 Å². The van der Waals surface area contributed by atoms with Crippen LogP contribution in [-0.4, -0.2) is 56.7 Å². The van der Waals surface area contributed by atoms with Gasteiger partial charge in [0.1, 0.15) is 5.75 Å². The number of carbonyl (C=O) groups excluding carboxylic acids is 1. The summed E-state index contributed by atoms with van der Waals surface area (Å²) in [5, 5.41) is 11.7.